The van der Waals surface area contributed by atoms with Gasteiger partial charge in [0.2, 0.25) is 0 Å². The summed E-state index contributed by atoms with van der Waals surface area (Å²) in [5.41, 5.74) is 3.98. The summed E-state index contributed by atoms with van der Waals surface area (Å²) in [7, 11) is 1.70. The lowest BCUT2D eigenvalue weighted by molar-refractivity contribution is 0.0932. The number of hydrogen-bond donors (Lipinski definition) is 1. The fourth-order valence-corrected chi connectivity index (χ4v) is 3.78. The van der Waals surface area contributed by atoms with Crippen molar-refractivity contribution in [2.45, 2.75) is 19.0 Å². The normalized spacial score (nSPS) is 16.5. The number of likely N-dealkylation sites (tertiary alicyclic amines) is 1. The first kappa shape index (κ1) is 19.2. The van der Waals surface area contributed by atoms with Crippen LogP contribution >= 0.6 is 0 Å². The Morgan fingerprint density at radius 2 is 1.90 bits per heavy atom. The number of carbonyl (C=O) groups is 1. The zero-order chi connectivity index (χ0) is 20.1. The van der Waals surface area contributed by atoms with E-state index in [1.54, 1.807) is 19.4 Å². The molecule has 148 valence electrons. The number of nitrogens with one attached hydrogen (secondary N) is 1. The van der Waals surface area contributed by atoms with Crippen LogP contribution in [0.25, 0.3) is 11.1 Å². The monoisotopic (exact) mass is 387 g/mol. The van der Waals surface area contributed by atoms with Crippen LogP contribution in [0.5, 0.6) is 5.75 Å². The third-order valence-electron chi connectivity index (χ3n) is 5.28. The maximum absolute atomic E-state index is 12.3. The van der Waals surface area contributed by atoms with E-state index in [1.807, 2.05) is 30.3 Å². The Kier molecular flexibility index (Phi) is 5.86. The molecule has 0 bridgehead atoms. The molecular weight excluding hydrogens is 362 g/mol. The molecule has 1 amide bonds. The van der Waals surface area contributed by atoms with Gasteiger partial charge < -0.3 is 10.1 Å². The molecule has 5 heteroatoms. The first-order chi connectivity index (χ1) is 14.2. The van der Waals surface area contributed by atoms with Crippen LogP contribution in [-0.4, -0.2) is 42.0 Å². The van der Waals surface area contributed by atoms with Gasteiger partial charge in [-0.15, -0.1) is 0 Å². The largest absolute Gasteiger partial charge is 0.496 e. The zero-order valence-electron chi connectivity index (χ0n) is 16.5. The standard InChI is InChI=1S/C24H25N3O2/c1-29-23-8-3-2-6-21(23)19-11-9-18(10-12-19)16-27-15-13-20(17-27)26-24(28)22-7-4-5-14-25-22/h2-12,14,20H,13,15-17H2,1H3,(H,26,28). The van der Waals surface area contributed by atoms with Crippen molar-refractivity contribution in [3.8, 4) is 16.9 Å². The number of benzene rings is 2. The predicted octanol–water partition coefficient (Wildman–Crippen LogP) is 3.76. The highest BCUT2D eigenvalue weighted by Crippen LogP contribution is 2.29. The molecule has 5 nitrogen and oxygen atoms in total. The van der Waals surface area contributed by atoms with E-state index in [4.69, 9.17) is 4.74 Å². The number of pyridine rings is 1. The van der Waals surface area contributed by atoms with Gasteiger partial charge in [0.25, 0.3) is 5.91 Å². The van der Waals surface area contributed by atoms with Gasteiger partial charge in [0.15, 0.2) is 0 Å². The van der Waals surface area contributed by atoms with Gasteiger partial charge in [-0.2, -0.15) is 0 Å². The van der Waals surface area contributed by atoms with Gasteiger partial charge >= 0.3 is 0 Å². The molecular formula is C24H25N3O2. The molecule has 1 saturated heterocycles. The first-order valence-electron chi connectivity index (χ1n) is 9.89. The number of carbonyl (C=O) groups excluding carboxylic acids is 1. The molecule has 4 rings (SSSR count). The number of nitrogens with zero attached hydrogens (tertiary/aromatic N) is 2. The smallest absolute Gasteiger partial charge is 0.270 e. The summed E-state index contributed by atoms with van der Waals surface area (Å²) in [6, 6.07) is 22.2. The Labute approximate surface area is 171 Å². The molecule has 1 aliphatic heterocycles. The van der Waals surface area contributed by atoms with E-state index in [0.29, 0.717) is 5.69 Å². The minimum Gasteiger partial charge on any atom is -0.496 e. The highest BCUT2D eigenvalue weighted by Gasteiger charge is 2.24. The summed E-state index contributed by atoms with van der Waals surface area (Å²) in [4.78, 5) is 18.8. The van der Waals surface area contributed by atoms with Crippen molar-refractivity contribution in [3.63, 3.8) is 0 Å². The van der Waals surface area contributed by atoms with Crippen LogP contribution in [0, 0.1) is 0 Å². The van der Waals surface area contributed by atoms with Crippen LogP contribution < -0.4 is 10.1 Å². The van der Waals surface area contributed by atoms with Crippen LogP contribution in [-0.2, 0) is 6.54 Å². The number of amides is 1. The lowest BCUT2D eigenvalue weighted by atomic mass is 10.0. The third kappa shape index (κ3) is 4.63. The highest BCUT2D eigenvalue weighted by molar-refractivity contribution is 5.92. The summed E-state index contributed by atoms with van der Waals surface area (Å²) >= 11 is 0. The number of hydrogen-bond acceptors (Lipinski definition) is 4. The summed E-state index contributed by atoms with van der Waals surface area (Å²) < 4.78 is 5.47. The van der Waals surface area contributed by atoms with Gasteiger partial charge in [0, 0.05) is 37.4 Å². The average molecular weight is 387 g/mol. The molecule has 0 saturated carbocycles. The second-order valence-electron chi connectivity index (χ2n) is 7.31. The Morgan fingerprint density at radius 1 is 1.10 bits per heavy atom. The van der Waals surface area contributed by atoms with Gasteiger partial charge in [-0.3, -0.25) is 14.7 Å². The van der Waals surface area contributed by atoms with Crippen LogP contribution in [0.2, 0.25) is 0 Å². The van der Waals surface area contributed by atoms with E-state index in [-0.39, 0.29) is 11.9 Å². The lowest BCUT2D eigenvalue weighted by Gasteiger charge is -2.17. The maximum Gasteiger partial charge on any atom is 0.270 e. The van der Waals surface area contributed by atoms with Crippen LogP contribution in [0.4, 0.5) is 0 Å². The second-order valence-corrected chi connectivity index (χ2v) is 7.31. The van der Waals surface area contributed by atoms with Crippen LogP contribution in [0.3, 0.4) is 0 Å². The molecule has 2 aromatic carbocycles. The average Bonchev–Trinajstić information content (AvgIpc) is 3.21. The minimum atomic E-state index is -0.0985. The van der Waals surface area contributed by atoms with E-state index < -0.39 is 0 Å². The van der Waals surface area contributed by atoms with Crippen molar-refractivity contribution in [2.24, 2.45) is 0 Å². The molecule has 1 fully saturated rings. The molecule has 0 aliphatic carbocycles. The number of aromatic nitrogens is 1. The predicted molar refractivity (Wildman–Crippen MR) is 114 cm³/mol. The molecule has 3 aromatic rings. The van der Waals surface area contributed by atoms with Crippen molar-refractivity contribution < 1.29 is 9.53 Å². The van der Waals surface area contributed by atoms with Crippen molar-refractivity contribution in [2.75, 3.05) is 20.2 Å². The van der Waals surface area contributed by atoms with Crippen molar-refractivity contribution in [1.29, 1.82) is 0 Å². The molecule has 29 heavy (non-hydrogen) atoms. The van der Waals surface area contributed by atoms with Gasteiger partial charge in [-0.1, -0.05) is 48.5 Å². The summed E-state index contributed by atoms with van der Waals surface area (Å²) in [5.74, 6) is 0.782. The van der Waals surface area contributed by atoms with E-state index >= 15 is 0 Å². The Morgan fingerprint density at radius 3 is 2.66 bits per heavy atom. The van der Waals surface area contributed by atoms with Gasteiger partial charge in [-0.25, -0.2) is 0 Å². The molecule has 1 atom stereocenters. The van der Waals surface area contributed by atoms with Crippen LogP contribution in [0.15, 0.2) is 72.9 Å². The Hall–Kier alpha value is -3.18. The van der Waals surface area contributed by atoms with Gasteiger partial charge in [0.05, 0.1) is 7.11 Å². The SMILES string of the molecule is COc1ccccc1-c1ccc(CN2CCC(NC(=O)c3ccccn3)C2)cc1. The topological polar surface area (TPSA) is 54.5 Å². The van der Waals surface area contributed by atoms with E-state index in [0.717, 1.165) is 42.9 Å². The molecule has 0 spiro atoms. The van der Waals surface area contributed by atoms with Crippen molar-refractivity contribution in [1.82, 2.24) is 15.2 Å². The fourth-order valence-electron chi connectivity index (χ4n) is 3.78. The molecule has 1 N–H and O–H groups in total. The first-order valence-corrected chi connectivity index (χ1v) is 9.89. The second kappa shape index (κ2) is 8.88. The highest BCUT2D eigenvalue weighted by atomic mass is 16.5. The van der Waals surface area contributed by atoms with Crippen molar-refractivity contribution in [3.05, 3.63) is 84.2 Å². The van der Waals surface area contributed by atoms with Crippen molar-refractivity contribution >= 4 is 5.91 Å². The Balaban J connectivity index is 1.34. The van der Waals surface area contributed by atoms with E-state index in [2.05, 4.69) is 45.5 Å². The number of rotatable bonds is 6. The summed E-state index contributed by atoms with van der Waals surface area (Å²) in [5, 5.41) is 3.10. The lowest BCUT2D eigenvalue weighted by Crippen LogP contribution is -2.37. The third-order valence-corrected chi connectivity index (χ3v) is 5.28. The minimum absolute atomic E-state index is 0.0985. The van der Waals surface area contributed by atoms with Gasteiger partial charge in [-0.05, 0) is 35.7 Å². The summed E-state index contributed by atoms with van der Waals surface area (Å²) in [6.07, 6.45) is 2.60. The number of methoxy groups -OCH3 is 1. The molecule has 0 radical (unpaired) electrons. The maximum atomic E-state index is 12.3. The summed E-state index contributed by atoms with van der Waals surface area (Å²) in [6.45, 7) is 2.70. The van der Waals surface area contributed by atoms with Crippen LogP contribution in [0.1, 0.15) is 22.5 Å². The number of ether oxygens (including phenoxy) is 1. The number of para-hydroxylation sites is 1. The van der Waals surface area contributed by atoms with E-state index in [9.17, 15) is 4.79 Å². The molecule has 1 aliphatic rings. The van der Waals surface area contributed by atoms with Gasteiger partial charge in [0.1, 0.15) is 11.4 Å². The molecule has 1 aromatic heterocycles. The van der Waals surface area contributed by atoms with E-state index in [1.165, 1.54) is 5.56 Å². The quantitative estimate of drug-likeness (QED) is 0.700. The fraction of sp³-hybridized carbons (Fsp3) is 0.250. The Bertz CT molecular complexity index is 957. The molecule has 1 unspecified atom stereocenters. The zero-order valence-corrected chi connectivity index (χ0v) is 16.5. The molecule has 2 heterocycles.